The van der Waals surface area contributed by atoms with E-state index in [9.17, 15) is 0 Å². The summed E-state index contributed by atoms with van der Waals surface area (Å²) in [4.78, 5) is 0. The van der Waals surface area contributed by atoms with E-state index in [1.165, 1.54) is 0 Å². The molecule has 0 aliphatic carbocycles. The predicted octanol–water partition coefficient (Wildman–Crippen LogP) is -1.57. The van der Waals surface area contributed by atoms with Gasteiger partial charge in [0.25, 0.3) is 0 Å². The monoisotopic (exact) mass is 469 g/mol. The summed E-state index contributed by atoms with van der Waals surface area (Å²) in [6.07, 6.45) is 0. The molecular formula is H3BaKUV. The SMILES string of the molecule is [BaH2].[KH].[U].[V]. The average molecular weight is 468 g/mol. The van der Waals surface area contributed by atoms with Crippen LogP contribution >= 0.6 is 0 Å². The van der Waals surface area contributed by atoms with Gasteiger partial charge in [-0.05, 0) is 0 Å². The van der Waals surface area contributed by atoms with Crippen LogP contribution in [0.2, 0.25) is 0 Å². The molecule has 0 spiro atoms. The normalized spacial score (nSPS) is 0. The molecule has 0 aromatic heterocycles. The van der Waals surface area contributed by atoms with Gasteiger partial charge in [-0.3, -0.25) is 0 Å². The van der Waals surface area contributed by atoms with Gasteiger partial charge in [-0.15, -0.1) is 0 Å². The van der Waals surface area contributed by atoms with Crippen molar-refractivity contribution < 1.29 is 49.7 Å². The van der Waals surface area contributed by atoms with Gasteiger partial charge >= 0.3 is 100 Å². The zero-order valence-electron chi connectivity index (χ0n) is 0.947. The van der Waals surface area contributed by atoms with Crippen LogP contribution in [0.25, 0.3) is 0 Å². The predicted molar refractivity (Wildman–Crippen MR) is 15.7 cm³/mol. The maximum atomic E-state index is 0. The Kier molecular flexibility index (Phi) is 90.8. The number of rotatable bonds is 0. The van der Waals surface area contributed by atoms with Gasteiger partial charge in [0, 0.05) is 49.7 Å². The molecule has 0 fully saturated rings. The third-order valence-corrected chi connectivity index (χ3v) is 0. The summed E-state index contributed by atoms with van der Waals surface area (Å²) in [5.41, 5.74) is 0. The third-order valence-electron chi connectivity index (χ3n) is 0. The van der Waals surface area contributed by atoms with Gasteiger partial charge in [0.2, 0.25) is 0 Å². The summed E-state index contributed by atoms with van der Waals surface area (Å²) in [5.74, 6) is 0. The molecule has 0 aliphatic heterocycles. The molecule has 0 amide bonds. The van der Waals surface area contributed by atoms with Crippen molar-refractivity contribution in [3.05, 3.63) is 0 Å². The molecule has 0 aliphatic rings. The summed E-state index contributed by atoms with van der Waals surface area (Å²) in [5, 5.41) is 0. The molecule has 1 radical (unpaired) electrons. The van der Waals surface area contributed by atoms with Crippen molar-refractivity contribution in [2.45, 2.75) is 0 Å². The first-order valence-corrected chi connectivity index (χ1v) is 0. The molecule has 0 unspecified atom stereocenters. The Morgan fingerprint density at radius 3 is 1.00 bits per heavy atom. The van der Waals surface area contributed by atoms with E-state index in [4.69, 9.17) is 0 Å². The quantitative estimate of drug-likeness (QED) is 0.377. The number of hydrogen-bond donors (Lipinski definition) is 0. The van der Waals surface area contributed by atoms with Crippen molar-refractivity contribution in [2.75, 3.05) is 0 Å². The van der Waals surface area contributed by atoms with Gasteiger partial charge in [0.1, 0.15) is 0 Å². The smallest absolute Gasteiger partial charge is 0 e. The summed E-state index contributed by atoms with van der Waals surface area (Å²) >= 11 is 0. The summed E-state index contributed by atoms with van der Waals surface area (Å²) in [7, 11) is 0. The Morgan fingerprint density at radius 1 is 1.00 bits per heavy atom. The molecule has 0 bridgehead atoms. The van der Waals surface area contributed by atoms with Crippen molar-refractivity contribution in [3.8, 4) is 0 Å². The molecule has 15 valence electrons. The van der Waals surface area contributed by atoms with Crippen LogP contribution < -0.4 is 0 Å². The topological polar surface area (TPSA) is 0 Å². The molecular weight excluding hydrogens is 465 g/mol. The van der Waals surface area contributed by atoms with Crippen molar-refractivity contribution in [3.63, 3.8) is 0 Å². The minimum atomic E-state index is 0. The molecule has 0 heterocycles. The minimum absolute atomic E-state index is 0. The first kappa shape index (κ1) is 23.2. The number of hydrogen-bond acceptors (Lipinski definition) is 0. The van der Waals surface area contributed by atoms with Crippen molar-refractivity contribution in [1.82, 2.24) is 0 Å². The van der Waals surface area contributed by atoms with E-state index in [0.29, 0.717) is 0 Å². The fourth-order valence-electron chi connectivity index (χ4n) is 0. The van der Waals surface area contributed by atoms with Gasteiger partial charge < -0.3 is 0 Å². The van der Waals surface area contributed by atoms with Crippen LogP contribution in [0.4, 0.5) is 0 Å². The van der Waals surface area contributed by atoms with Gasteiger partial charge in [-0.1, -0.05) is 0 Å². The molecule has 0 aromatic carbocycles. The van der Waals surface area contributed by atoms with Crippen molar-refractivity contribution in [2.24, 2.45) is 0 Å². The first-order valence-electron chi connectivity index (χ1n) is 0. The van der Waals surface area contributed by atoms with Gasteiger partial charge in [-0.2, -0.15) is 0 Å². The molecule has 0 saturated carbocycles. The summed E-state index contributed by atoms with van der Waals surface area (Å²) < 4.78 is 0. The van der Waals surface area contributed by atoms with E-state index in [2.05, 4.69) is 0 Å². The Labute approximate surface area is 145 Å². The molecule has 0 rings (SSSR count). The Hall–Kier alpha value is 4.84. The van der Waals surface area contributed by atoms with Crippen molar-refractivity contribution in [1.29, 1.82) is 0 Å². The summed E-state index contributed by atoms with van der Waals surface area (Å²) in [6.45, 7) is 0. The van der Waals surface area contributed by atoms with E-state index in [1.54, 1.807) is 0 Å². The van der Waals surface area contributed by atoms with Gasteiger partial charge in [0.05, 0.1) is 0 Å². The standard InChI is InChI=1S/Ba.K.U.V.3H. The Bertz CT molecular complexity index is 8.00. The third kappa shape index (κ3) is 9.96. The van der Waals surface area contributed by atoms with Crippen LogP contribution in [0.15, 0.2) is 0 Å². The zero-order valence-corrected chi connectivity index (χ0v) is 6.51. The van der Waals surface area contributed by atoms with Gasteiger partial charge in [0.15, 0.2) is 0 Å². The molecule has 4 heteroatoms. The van der Waals surface area contributed by atoms with E-state index in [0.717, 1.165) is 0 Å². The molecule has 4 heavy (non-hydrogen) atoms. The summed E-state index contributed by atoms with van der Waals surface area (Å²) in [6, 6.07) is 0. The van der Waals surface area contributed by atoms with Crippen LogP contribution in [-0.4, -0.2) is 100 Å². The zero-order chi connectivity index (χ0) is 0. The fourth-order valence-corrected chi connectivity index (χ4v) is 0. The second-order valence-electron chi connectivity index (χ2n) is 0. The van der Waals surface area contributed by atoms with E-state index < -0.39 is 0 Å². The van der Waals surface area contributed by atoms with Gasteiger partial charge in [-0.25, -0.2) is 0 Å². The van der Waals surface area contributed by atoms with Crippen LogP contribution in [0.3, 0.4) is 0 Å². The largest absolute Gasteiger partial charge is 0 e. The van der Waals surface area contributed by atoms with E-state index in [-0.39, 0.29) is 150 Å². The van der Waals surface area contributed by atoms with Crippen LogP contribution in [0.5, 0.6) is 0 Å². The molecule has 0 atom stereocenters. The van der Waals surface area contributed by atoms with Crippen LogP contribution in [0.1, 0.15) is 0 Å². The molecule has 0 aromatic rings. The van der Waals surface area contributed by atoms with E-state index >= 15 is 0 Å². The Balaban J connectivity index is 0. The minimum Gasteiger partial charge on any atom is 0 e. The molecule has 0 saturated heterocycles. The molecule has 0 N–H and O–H groups in total. The maximum Gasteiger partial charge on any atom is 0 e. The van der Waals surface area contributed by atoms with Crippen LogP contribution in [0, 0.1) is 31.1 Å². The maximum absolute atomic E-state index is 0. The first-order chi connectivity index (χ1) is 0. The Morgan fingerprint density at radius 2 is 1.00 bits per heavy atom. The molecule has 0 nitrogen and oxygen atoms in total. The van der Waals surface area contributed by atoms with Crippen LogP contribution in [-0.2, 0) is 18.6 Å². The second-order valence-corrected chi connectivity index (χ2v) is 0. The average Bonchev–Trinajstić information content (AvgIpc) is 0. The second kappa shape index (κ2) is 15.7. The fraction of sp³-hybridized carbons (Fsp3) is 0. The van der Waals surface area contributed by atoms with E-state index in [1.807, 2.05) is 0 Å². The van der Waals surface area contributed by atoms with Crippen molar-refractivity contribution >= 4 is 100 Å².